The third kappa shape index (κ3) is 3.28. The lowest BCUT2D eigenvalue weighted by atomic mass is 10.3. The largest absolute Gasteiger partial charge is 0.463 e. The molecule has 4 nitrogen and oxygen atoms in total. The summed E-state index contributed by atoms with van der Waals surface area (Å²) >= 11 is 1.71. The number of esters is 1. The van der Waals surface area contributed by atoms with E-state index in [-0.39, 0.29) is 11.0 Å². The second-order valence-corrected chi connectivity index (χ2v) is 5.30. The Hall–Kier alpha value is -0.940. The van der Waals surface area contributed by atoms with Crippen molar-refractivity contribution in [1.82, 2.24) is 0 Å². The third-order valence-electron chi connectivity index (χ3n) is 2.18. The first-order valence-electron chi connectivity index (χ1n) is 5.12. The Bertz CT molecular complexity index is 351. The first kappa shape index (κ1) is 13.1. The monoisotopic (exact) mass is 243 g/mol. The lowest BCUT2D eigenvalue weighted by Gasteiger charge is -2.13. The number of carbonyl (C=O) groups excluding carboxylic acids is 1. The van der Waals surface area contributed by atoms with Gasteiger partial charge in [-0.3, -0.25) is 0 Å². The van der Waals surface area contributed by atoms with Gasteiger partial charge in [-0.25, -0.2) is 4.79 Å². The summed E-state index contributed by atoms with van der Waals surface area (Å²) in [6.45, 7) is 4.71. The molecule has 0 spiro atoms. The molecule has 0 amide bonds. The van der Waals surface area contributed by atoms with E-state index in [1.165, 1.54) is 7.11 Å². The molecule has 2 N–H and O–H groups in total. The summed E-state index contributed by atoms with van der Waals surface area (Å²) in [5.41, 5.74) is 5.55. The van der Waals surface area contributed by atoms with Crippen molar-refractivity contribution in [2.24, 2.45) is 5.73 Å². The van der Waals surface area contributed by atoms with E-state index >= 15 is 0 Å². The fourth-order valence-electron chi connectivity index (χ4n) is 1.25. The number of nitrogens with two attached hydrogens (primary N) is 1. The van der Waals surface area contributed by atoms with Gasteiger partial charge < -0.3 is 14.9 Å². The number of thioether (sulfide) groups is 1. The second kappa shape index (κ2) is 5.96. The van der Waals surface area contributed by atoms with Gasteiger partial charge in [0.25, 0.3) is 0 Å². The van der Waals surface area contributed by atoms with Crippen molar-refractivity contribution in [3.63, 3.8) is 0 Å². The van der Waals surface area contributed by atoms with Crippen LogP contribution in [0.3, 0.4) is 0 Å². The molecule has 16 heavy (non-hydrogen) atoms. The van der Waals surface area contributed by atoms with Crippen LogP contribution in [0, 0.1) is 0 Å². The average molecular weight is 243 g/mol. The Morgan fingerprint density at radius 1 is 1.56 bits per heavy atom. The van der Waals surface area contributed by atoms with Crippen LogP contribution in [-0.4, -0.2) is 24.9 Å². The first-order valence-corrected chi connectivity index (χ1v) is 6.06. The third-order valence-corrected chi connectivity index (χ3v) is 3.48. The van der Waals surface area contributed by atoms with E-state index < -0.39 is 5.97 Å². The van der Waals surface area contributed by atoms with Gasteiger partial charge in [0, 0.05) is 11.8 Å². The zero-order chi connectivity index (χ0) is 12.1. The zero-order valence-corrected chi connectivity index (χ0v) is 10.5. The molecule has 90 valence electrons. The van der Waals surface area contributed by atoms with Crippen molar-refractivity contribution in [1.29, 1.82) is 0 Å². The van der Waals surface area contributed by atoms with Crippen LogP contribution in [0.15, 0.2) is 16.5 Å². The number of rotatable bonds is 5. The SMILES string of the molecule is COC(=O)c1ccc(C(C)SC(C)CN)o1. The second-order valence-electron chi connectivity index (χ2n) is 3.52. The van der Waals surface area contributed by atoms with Gasteiger partial charge in [-0.1, -0.05) is 6.92 Å². The fraction of sp³-hybridized carbons (Fsp3) is 0.545. The predicted octanol–water partition coefficient (Wildman–Crippen LogP) is 2.21. The molecule has 0 fully saturated rings. The van der Waals surface area contributed by atoms with Crippen LogP contribution in [-0.2, 0) is 4.74 Å². The summed E-state index contributed by atoms with van der Waals surface area (Å²) in [6, 6.07) is 3.43. The van der Waals surface area contributed by atoms with Crippen molar-refractivity contribution < 1.29 is 13.9 Å². The molecule has 0 bridgehead atoms. The Morgan fingerprint density at radius 2 is 2.25 bits per heavy atom. The van der Waals surface area contributed by atoms with Crippen LogP contribution in [0.5, 0.6) is 0 Å². The molecule has 0 radical (unpaired) electrons. The number of hydrogen-bond acceptors (Lipinski definition) is 5. The molecule has 1 heterocycles. The molecular formula is C11H17NO3S. The van der Waals surface area contributed by atoms with Gasteiger partial charge in [0.2, 0.25) is 5.76 Å². The van der Waals surface area contributed by atoms with Crippen molar-refractivity contribution in [3.05, 3.63) is 23.7 Å². The van der Waals surface area contributed by atoms with E-state index in [1.54, 1.807) is 23.9 Å². The Balaban J connectivity index is 2.66. The summed E-state index contributed by atoms with van der Waals surface area (Å²) in [5.74, 6) is 0.561. The van der Waals surface area contributed by atoms with Crippen molar-refractivity contribution >= 4 is 17.7 Å². The quantitative estimate of drug-likeness (QED) is 0.803. The molecule has 0 aliphatic rings. The summed E-state index contributed by atoms with van der Waals surface area (Å²) in [6.07, 6.45) is 0. The Morgan fingerprint density at radius 3 is 2.81 bits per heavy atom. The van der Waals surface area contributed by atoms with Crippen LogP contribution >= 0.6 is 11.8 Å². The molecule has 2 unspecified atom stereocenters. The van der Waals surface area contributed by atoms with Gasteiger partial charge in [-0.2, -0.15) is 0 Å². The number of hydrogen-bond donors (Lipinski definition) is 1. The van der Waals surface area contributed by atoms with E-state index in [0.29, 0.717) is 11.8 Å². The fourth-order valence-corrected chi connectivity index (χ4v) is 2.32. The van der Waals surface area contributed by atoms with E-state index in [9.17, 15) is 4.79 Å². The van der Waals surface area contributed by atoms with E-state index in [4.69, 9.17) is 10.2 Å². The molecule has 0 aromatic carbocycles. The first-order chi connectivity index (χ1) is 7.58. The van der Waals surface area contributed by atoms with Crippen molar-refractivity contribution in [2.75, 3.05) is 13.7 Å². The van der Waals surface area contributed by atoms with E-state index in [2.05, 4.69) is 11.7 Å². The van der Waals surface area contributed by atoms with Gasteiger partial charge in [-0.15, -0.1) is 11.8 Å². The molecule has 1 aromatic heterocycles. The van der Waals surface area contributed by atoms with Crippen molar-refractivity contribution in [2.45, 2.75) is 24.3 Å². The highest BCUT2D eigenvalue weighted by atomic mass is 32.2. The predicted molar refractivity (Wildman–Crippen MR) is 64.6 cm³/mol. The number of methoxy groups -OCH3 is 1. The van der Waals surface area contributed by atoms with Gasteiger partial charge in [0.1, 0.15) is 5.76 Å². The maximum atomic E-state index is 11.2. The molecule has 1 rings (SSSR count). The summed E-state index contributed by atoms with van der Waals surface area (Å²) in [7, 11) is 1.33. The van der Waals surface area contributed by atoms with Crippen molar-refractivity contribution in [3.8, 4) is 0 Å². The molecule has 2 atom stereocenters. The highest BCUT2D eigenvalue weighted by Crippen LogP contribution is 2.32. The molecule has 0 saturated carbocycles. The minimum atomic E-state index is -0.449. The summed E-state index contributed by atoms with van der Waals surface area (Å²) < 4.78 is 9.98. The molecule has 0 aliphatic heterocycles. The molecule has 0 saturated heterocycles. The minimum Gasteiger partial charge on any atom is -0.463 e. The summed E-state index contributed by atoms with van der Waals surface area (Å²) in [4.78, 5) is 11.2. The molecule has 0 aliphatic carbocycles. The number of furan rings is 1. The van der Waals surface area contributed by atoms with E-state index in [1.807, 2.05) is 6.92 Å². The Labute approximate surface area is 99.5 Å². The topological polar surface area (TPSA) is 65.5 Å². The van der Waals surface area contributed by atoms with Gasteiger partial charge in [-0.05, 0) is 19.1 Å². The van der Waals surface area contributed by atoms with Crippen LogP contribution in [0.4, 0.5) is 0 Å². The lowest BCUT2D eigenvalue weighted by molar-refractivity contribution is 0.0563. The van der Waals surface area contributed by atoms with Gasteiger partial charge in [0.05, 0.1) is 12.4 Å². The maximum absolute atomic E-state index is 11.2. The number of ether oxygens (including phenoxy) is 1. The van der Waals surface area contributed by atoms with Crippen LogP contribution in [0.25, 0.3) is 0 Å². The Kier molecular flexibility index (Phi) is 4.89. The zero-order valence-electron chi connectivity index (χ0n) is 9.73. The lowest BCUT2D eigenvalue weighted by Crippen LogP contribution is -2.13. The number of carbonyl (C=O) groups is 1. The highest BCUT2D eigenvalue weighted by Gasteiger charge is 2.17. The average Bonchev–Trinajstić information content (AvgIpc) is 2.77. The van der Waals surface area contributed by atoms with Gasteiger partial charge in [0.15, 0.2) is 0 Å². The smallest absolute Gasteiger partial charge is 0.373 e. The standard InChI is InChI=1S/C11H17NO3S/c1-7(6-12)16-8(2)9-4-5-10(15-9)11(13)14-3/h4-5,7-8H,6,12H2,1-3H3. The highest BCUT2D eigenvalue weighted by molar-refractivity contribution is 8.00. The molecule has 5 heteroatoms. The summed E-state index contributed by atoms with van der Waals surface area (Å²) in [5, 5.41) is 0.540. The molecule has 1 aromatic rings. The van der Waals surface area contributed by atoms with Crippen LogP contribution < -0.4 is 5.73 Å². The van der Waals surface area contributed by atoms with Crippen LogP contribution in [0.2, 0.25) is 0 Å². The normalized spacial score (nSPS) is 14.5. The van der Waals surface area contributed by atoms with Crippen LogP contribution in [0.1, 0.15) is 35.4 Å². The van der Waals surface area contributed by atoms with Gasteiger partial charge >= 0.3 is 5.97 Å². The van der Waals surface area contributed by atoms with E-state index in [0.717, 1.165) is 5.76 Å². The minimum absolute atomic E-state index is 0.178. The molecular weight excluding hydrogens is 226 g/mol. The maximum Gasteiger partial charge on any atom is 0.373 e.